The van der Waals surface area contributed by atoms with Crippen LogP contribution in [0.2, 0.25) is 5.02 Å². The Labute approximate surface area is 201 Å². The van der Waals surface area contributed by atoms with E-state index in [2.05, 4.69) is 5.32 Å². The fraction of sp³-hybridized carbons (Fsp3) is 0.417. The number of unbranched alkanes of at least 4 members (excludes halogenated alkanes) is 1. The molecule has 7 nitrogen and oxygen atoms in total. The molecule has 2 aromatic rings. The largest absolute Gasteiger partial charge is 0.354 e. The lowest BCUT2D eigenvalue weighted by molar-refractivity contribution is -0.138. The Morgan fingerprint density at radius 3 is 2.30 bits per heavy atom. The SMILES string of the molecule is CCCCNC(=O)[C@@H](C)N(CCc1ccccc1)C(=O)CN(c1ccccc1Cl)S(C)(=O)=O. The van der Waals surface area contributed by atoms with Gasteiger partial charge in [-0.05, 0) is 37.5 Å². The summed E-state index contributed by atoms with van der Waals surface area (Å²) in [5.74, 6) is -0.747. The van der Waals surface area contributed by atoms with Crippen molar-refractivity contribution in [3.63, 3.8) is 0 Å². The van der Waals surface area contributed by atoms with E-state index in [4.69, 9.17) is 11.6 Å². The highest BCUT2D eigenvalue weighted by atomic mass is 35.5. The summed E-state index contributed by atoms with van der Waals surface area (Å²) in [5.41, 5.74) is 1.23. The van der Waals surface area contributed by atoms with Crippen LogP contribution in [0.5, 0.6) is 0 Å². The van der Waals surface area contributed by atoms with Gasteiger partial charge in [0.1, 0.15) is 12.6 Å². The zero-order valence-electron chi connectivity index (χ0n) is 19.3. The van der Waals surface area contributed by atoms with Crippen LogP contribution in [-0.4, -0.2) is 57.1 Å². The number of carbonyl (C=O) groups excluding carboxylic acids is 2. The Kier molecular flexibility index (Phi) is 10.2. The number of sulfonamides is 1. The Morgan fingerprint density at radius 2 is 1.70 bits per heavy atom. The van der Waals surface area contributed by atoms with E-state index < -0.39 is 28.5 Å². The van der Waals surface area contributed by atoms with E-state index in [1.165, 1.54) is 4.90 Å². The smallest absolute Gasteiger partial charge is 0.244 e. The molecule has 33 heavy (non-hydrogen) atoms. The molecule has 0 aliphatic heterocycles. The average molecular weight is 494 g/mol. The van der Waals surface area contributed by atoms with Crippen molar-refractivity contribution in [2.75, 3.05) is 30.2 Å². The second-order valence-corrected chi connectivity index (χ2v) is 10.2. The number of nitrogens with zero attached hydrogens (tertiary/aromatic N) is 2. The minimum atomic E-state index is -3.80. The summed E-state index contributed by atoms with van der Waals surface area (Å²) in [6.45, 7) is 4.02. The molecule has 0 bridgehead atoms. The van der Waals surface area contributed by atoms with Gasteiger partial charge in [-0.25, -0.2) is 8.42 Å². The highest BCUT2D eigenvalue weighted by Gasteiger charge is 2.30. The van der Waals surface area contributed by atoms with Crippen molar-refractivity contribution in [2.45, 2.75) is 39.2 Å². The van der Waals surface area contributed by atoms with Crippen LogP contribution < -0.4 is 9.62 Å². The van der Waals surface area contributed by atoms with Gasteiger partial charge in [0.25, 0.3) is 0 Å². The number of carbonyl (C=O) groups is 2. The summed E-state index contributed by atoms with van der Waals surface area (Å²) in [6, 6.07) is 15.3. The van der Waals surface area contributed by atoms with Gasteiger partial charge >= 0.3 is 0 Å². The Bertz CT molecular complexity index is 1030. The number of nitrogens with one attached hydrogen (secondary N) is 1. The van der Waals surface area contributed by atoms with Crippen LogP contribution in [-0.2, 0) is 26.0 Å². The molecule has 0 radical (unpaired) electrons. The molecule has 0 fully saturated rings. The normalized spacial score (nSPS) is 12.1. The fourth-order valence-corrected chi connectivity index (χ4v) is 4.50. The molecule has 9 heteroatoms. The molecule has 2 aromatic carbocycles. The third-order valence-electron chi connectivity index (χ3n) is 5.28. The van der Waals surface area contributed by atoms with Crippen LogP contribution in [0, 0.1) is 0 Å². The number of benzene rings is 2. The van der Waals surface area contributed by atoms with Gasteiger partial charge in [-0.15, -0.1) is 0 Å². The second kappa shape index (κ2) is 12.6. The number of hydrogen-bond acceptors (Lipinski definition) is 4. The number of anilines is 1. The van der Waals surface area contributed by atoms with Gasteiger partial charge < -0.3 is 10.2 Å². The molecule has 0 heterocycles. The lowest BCUT2D eigenvalue weighted by Gasteiger charge is -2.31. The zero-order chi connectivity index (χ0) is 24.4. The van der Waals surface area contributed by atoms with Crippen LogP contribution in [0.25, 0.3) is 0 Å². The molecule has 1 N–H and O–H groups in total. The van der Waals surface area contributed by atoms with Crippen LogP contribution in [0.4, 0.5) is 5.69 Å². The third kappa shape index (κ3) is 8.05. The van der Waals surface area contributed by atoms with Crippen molar-refractivity contribution >= 4 is 39.1 Å². The molecule has 1 atom stereocenters. The van der Waals surface area contributed by atoms with Gasteiger partial charge in [0.05, 0.1) is 17.0 Å². The molecule has 2 rings (SSSR count). The van der Waals surface area contributed by atoms with E-state index in [0.29, 0.717) is 13.0 Å². The number of halogens is 1. The highest BCUT2D eigenvalue weighted by molar-refractivity contribution is 7.92. The van der Waals surface area contributed by atoms with Crippen LogP contribution in [0.15, 0.2) is 54.6 Å². The summed E-state index contributed by atoms with van der Waals surface area (Å²) >= 11 is 6.22. The second-order valence-electron chi connectivity index (χ2n) is 7.86. The van der Waals surface area contributed by atoms with Gasteiger partial charge in [0.15, 0.2) is 0 Å². The van der Waals surface area contributed by atoms with E-state index in [-0.39, 0.29) is 23.2 Å². The van der Waals surface area contributed by atoms with Gasteiger partial charge in [-0.3, -0.25) is 13.9 Å². The highest BCUT2D eigenvalue weighted by Crippen LogP contribution is 2.27. The molecule has 0 spiro atoms. The van der Waals surface area contributed by atoms with Crippen LogP contribution in [0.1, 0.15) is 32.3 Å². The Hall–Kier alpha value is -2.58. The molecular formula is C24H32ClN3O4S. The maximum atomic E-state index is 13.4. The summed E-state index contributed by atoms with van der Waals surface area (Å²) in [5, 5.41) is 3.07. The van der Waals surface area contributed by atoms with Crippen molar-refractivity contribution in [3.8, 4) is 0 Å². The Morgan fingerprint density at radius 1 is 1.06 bits per heavy atom. The third-order valence-corrected chi connectivity index (χ3v) is 6.73. The molecular weight excluding hydrogens is 462 g/mol. The Balaban J connectivity index is 2.28. The van der Waals surface area contributed by atoms with E-state index in [1.807, 2.05) is 37.3 Å². The maximum absolute atomic E-state index is 13.4. The monoisotopic (exact) mass is 493 g/mol. The summed E-state index contributed by atoms with van der Waals surface area (Å²) < 4.78 is 26.0. The lowest BCUT2D eigenvalue weighted by Crippen LogP contribution is -2.52. The van der Waals surface area contributed by atoms with E-state index in [1.54, 1.807) is 31.2 Å². The van der Waals surface area contributed by atoms with Crippen molar-refractivity contribution in [3.05, 3.63) is 65.2 Å². The lowest BCUT2D eigenvalue weighted by atomic mass is 10.1. The number of para-hydroxylation sites is 1. The van der Waals surface area contributed by atoms with E-state index in [9.17, 15) is 18.0 Å². The predicted octanol–water partition coefficient (Wildman–Crippen LogP) is 3.48. The van der Waals surface area contributed by atoms with Gasteiger partial charge in [-0.1, -0.05) is 67.4 Å². The quantitative estimate of drug-likeness (QED) is 0.458. The summed E-state index contributed by atoms with van der Waals surface area (Å²) in [7, 11) is -3.80. The molecule has 0 aliphatic carbocycles. The molecule has 0 aliphatic rings. The standard InChI is InChI=1S/C24H32ClN3O4S/c1-4-5-16-26-24(30)19(2)27(17-15-20-11-7-6-8-12-20)23(29)18-28(33(3,31)32)22-14-10-9-13-21(22)25/h6-14,19H,4-5,15-18H2,1-3H3,(H,26,30)/t19-/m1/s1. The average Bonchev–Trinajstić information content (AvgIpc) is 2.78. The number of amides is 2. The number of hydrogen-bond donors (Lipinski definition) is 1. The molecule has 2 amide bonds. The first kappa shape index (κ1) is 26.7. The fourth-order valence-electron chi connectivity index (χ4n) is 3.35. The maximum Gasteiger partial charge on any atom is 0.244 e. The van der Waals surface area contributed by atoms with Gasteiger partial charge in [0, 0.05) is 13.1 Å². The first-order valence-corrected chi connectivity index (χ1v) is 13.2. The zero-order valence-corrected chi connectivity index (χ0v) is 20.9. The minimum absolute atomic E-state index is 0.219. The topological polar surface area (TPSA) is 86.8 Å². The molecule has 0 unspecified atom stereocenters. The first-order valence-electron chi connectivity index (χ1n) is 11.0. The van der Waals surface area contributed by atoms with Crippen molar-refractivity contribution in [2.24, 2.45) is 0 Å². The van der Waals surface area contributed by atoms with Crippen molar-refractivity contribution < 1.29 is 18.0 Å². The molecule has 0 aromatic heterocycles. The van der Waals surface area contributed by atoms with Crippen LogP contribution in [0.3, 0.4) is 0 Å². The van der Waals surface area contributed by atoms with Crippen LogP contribution >= 0.6 is 11.6 Å². The summed E-state index contributed by atoms with van der Waals surface area (Å²) in [4.78, 5) is 27.5. The predicted molar refractivity (Wildman–Crippen MR) is 133 cm³/mol. The van der Waals surface area contributed by atoms with Crippen molar-refractivity contribution in [1.82, 2.24) is 10.2 Å². The molecule has 180 valence electrons. The number of rotatable bonds is 12. The molecule has 0 saturated carbocycles. The minimum Gasteiger partial charge on any atom is -0.354 e. The van der Waals surface area contributed by atoms with Crippen molar-refractivity contribution in [1.29, 1.82) is 0 Å². The summed E-state index contributed by atoms with van der Waals surface area (Å²) in [6.07, 6.45) is 3.33. The first-order chi connectivity index (χ1) is 15.6. The van der Waals surface area contributed by atoms with E-state index >= 15 is 0 Å². The van der Waals surface area contributed by atoms with Gasteiger partial charge in [-0.2, -0.15) is 0 Å². The van der Waals surface area contributed by atoms with E-state index in [0.717, 1.165) is 29.0 Å². The molecule has 0 saturated heterocycles. The van der Waals surface area contributed by atoms with Gasteiger partial charge in [0.2, 0.25) is 21.8 Å².